The van der Waals surface area contributed by atoms with Crippen molar-refractivity contribution in [2.75, 3.05) is 36.0 Å². The molecule has 1 aliphatic heterocycles. The van der Waals surface area contributed by atoms with Gasteiger partial charge < -0.3 is 9.80 Å². The van der Waals surface area contributed by atoms with Gasteiger partial charge in [0.15, 0.2) is 5.82 Å². The van der Waals surface area contributed by atoms with Crippen LogP contribution in [-0.2, 0) is 0 Å². The lowest BCUT2D eigenvalue weighted by Crippen LogP contribution is -2.47. The first-order chi connectivity index (χ1) is 10.1. The van der Waals surface area contributed by atoms with E-state index in [0.29, 0.717) is 0 Å². The van der Waals surface area contributed by atoms with E-state index in [4.69, 9.17) is 0 Å². The van der Waals surface area contributed by atoms with Gasteiger partial charge in [-0.25, -0.2) is 0 Å². The van der Waals surface area contributed by atoms with Gasteiger partial charge in [0.05, 0.1) is 0 Å². The van der Waals surface area contributed by atoms with E-state index in [2.05, 4.69) is 80.7 Å². The molecule has 0 aliphatic carbocycles. The molecular weight excluding hydrogens is 375 g/mol. The molecule has 1 saturated heterocycles. The number of nitrogens with zero attached hydrogens (tertiary/aromatic N) is 4. The first kappa shape index (κ1) is 14.6. The van der Waals surface area contributed by atoms with Crippen LogP contribution in [0, 0.1) is 17.5 Å². The van der Waals surface area contributed by atoms with Crippen molar-refractivity contribution in [2.24, 2.45) is 0 Å². The van der Waals surface area contributed by atoms with Crippen LogP contribution in [0.5, 0.6) is 0 Å². The van der Waals surface area contributed by atoms with Crippen LogP contribution in [-0.4, -0.2) is 36.4 Å². The Labute approximate surface area is 139 Å². The third-order valence-electron chi connectivity index (χ3n) is 4.14. The summed E-state index contributed by atoms with van der Waals surface area (Å²) < 4.78 is 0.936. The van der Waals surface area contributed by atoms with Crippen LogP contribution in [0.15, 0.2) is 30.3 Å². The molecule has 21 heavy (non-hydrogen) atoms. The van der Waals surface area contributed by atoms with Crippen molar-refractivity contribution in [1.82, 2.24) is 10.2 Å². The van der Waals surface area contributed by atoms with Crippen molar-refractivity contribution < 1.29 is 0 Å². The standard InChI is InChI=1S/C16H19IN4/c1-12-4-3-5-14(13(12)2)20-8-10-21(11-9-20)16-7-6-15(17)18-19-16/h3-7H,8-11H2,1-2H3. The van der Waals surface area contributed by atoms with E-state index in [0.717, 1.165) is 35.7 Å². The average Bonchev–Trinajstić information content (AvgIpc) is 2.51. The fourth-order valence-corrected chi connectivity index (χ4v) is 3.02. The third-order valence-corrected chi connectivity index (χ3v) is 4.71. The average molecular weight is 394 g/mol. The van der Waals surface area contributed by atoms with Crippen LogP contribution < -0.4 is 9.80 Å². The van der Waals surface area contributed by atoms with Gasteiger partial charge in [-0.1, -0.05) is 12.1 Å². The van der Waals surface area contributed by atoms with E-state index in [1.807, 2.05) is 6.07 Å². The first-order valence-corrected chi connectivity index (χ1v) is 8.28. The molecular formula is C16H19IN4. The molecule has 110 valence electrons. The smallest absolute Gasteiger partial charge is 0.151 e. The lowest BCUT2D eigenvalue weighted by atomic mass is 10.1. The van der Waals surface area contributed by atoms with E-state index >= 15 is 0 Å². The molecule has 5 heteroatoms. The maximum absolute atomic E-state index is 4.28. The summed E-state index contributed by atoms with van der Waals surface area (Å²) in [5, 5.41) is 8.42. The highest BCUT2D eigenvalue weighted by molar-refractivity contribution is 14.1. The minimum absolute atomic E-state index is 0.936. The van der Waals surface area contributed by atoms with Gasteiger partial charge in [0.25, 0.3) is 0 Å². The molecule has 0 spiro atoms. The molecule has 0 amide bonds. The Kier molecular flexibility index (Phi) is 4.28. The summed E-state index contributed by atoms with van der Waals surface area (Å²) in [6, 6.07) is 10.6. The summed E-state index contributed by atoms with van der Waals surface area (Å²) in [6.07, 6.45) is 0. The zero-order valence-electron chi connectivity index (χ0n) is 12.4. The largest absolute Gasteiger partial charge is 0.368 e. The van der Waals surface area contributed by atoms with Crippen molar-refractivity contribution in [3.63, 3.8) is 0 Å². The fraction of sp³-hybridized carbons (Fsp3) is 0.375. The Balaban J connectivity index is 1.70. The Bertz CT molecular complexity index is 619. The van der Waals surface area contributed by atoms with Gasteiger partial charge in [0, 0.05) is 31.9 Å². The SMILES string of the molecule is Cc1cccc(N2CCN(c3ccc(I)nn3)CC2)c1C. The minimum Gasteiger partial charge on any atom is -0.368 e. The first-order valence-electron chi connectivity index (χ1n) is 7.20. The zero-order valence-corrected chi connectivity index (χ0v) is 14.5. The quantitative estimate of drug-likeness (QED) is 0.734. The van der Waals surface area contributed by atoms with E-state index in [9.17, 15) is 0 Å². The predicted molar refractivity (Wildman–Crippen MR) is 95.1 cm³/mol. The normalized spacial score (nSPS) is 15.4. The van der Waals surface area contributed by atoms with Crippen molar-refractivity contribution in [3.8, 4) is 0 Å². The number of benzene rings is 1. The summed E-state index contributed by atoms with van der Waals surface area (Å²) in [5.41, 5.74) is 4.11. The highest BCUT2D eigenvalue weighted by Crippen LogP contribution is 2.24. The molecule has 0 saturated carbocycles. The Morgan fingerprint density at radius 3 is 2.29 bits per heavy atom. The Morgan fingerprint density at radius 2 is 1.62 bits per heavy atom. The second-order valence-electron chi connectivity index (χ2n) is 5.41. The molecule has 1 aliphatic rings. The third kappa shape index (κ3) is 3.12. The second kappa shape index (κ2) is 6.17. The molecule has 0 atom stereocenters. The maximum atomic E-state index is 4.28. The van der Waals surface area contributed by atoms with Crippen LogP contribution in [0.1, 0.15) is 11.1 Å². The highest BCUT2D eigenvalue weighted by atomic mass is 127. The van der Waals surface area contributed by atoms with E-state index in [1.165, 1.54) is 16.8 Å². The summed E-state index contributed by atoms with van der Waals surface area (Å²) in [5.74, 6) is 0.982. The number of hydrogen-bond acceptors (Lipinski definition) is 4. The monoisotopic (exact) mass is 394 g/mol. The number of piperazine rings is 1. The number of aromatic nitrogens is 2. The molecule has 2 aromatic rings. The number of halogens is 1. The van der Waals surface area contributed by atoms with Crippen molar-refractivity contribution in [1.29, 1.82) is 0 Å². The molecule has 0 radical (unpaired) electrons. The molecule has 1 aromatic carbocycles. The zero-order chi connectivity index (χ0) is 14.8. The maximum Gasteiger partial charge on any atom is 0.151 e. The highest BCUT2D eigenvalue weighted by Gasteiger charge is 2.19. The second-order valence-corrected chi connectivity index (χ2v) is 6.51. The number of anilines is 2. The van der Waals surface area contributed by atoms with E-state index < -0.39 is 0 Å². The molecule has 0 unspecified atom stereocenters. The van der Waals surface area contributed by atoms with E-state index in [-0.39, 0.29) is 0 Å². The predicted octanol–water partition coefficient (Wildman–Crippen LogP) is 3.02. The van der Waals surface area contributed by atoms with Gasteiger partial charge in [-0.05, 0) is 65.8 Å². The molecule has 0 N–H and O–H groups in total. The van der Waals surface area contributed by atoms with Crippen LogP contribution in [0.2, 0.25) is 0 Å². The minimum atomic E-state index is 0.936. The lowest BCUT2D eigenvalue weighted by molar-refractivity contribution is 0.642. The molecule has 1 fully saturated rings. The number of aryl methyl sites for hydroxylation is 1. The van der Waals surface area contributed by atoms with Gasteiger partial charge in [0.1, 0.15) is 3.70 Å². The van der Waals surface area contributed by atoms with Crippen molar-refractivity contribution >= 4 is 34.1 Å². The topological polar surface area (TPSA) is 32.3 Å². The summed E-state index contributed by atoms with van der Waals surface area (Å²) in [4.78, 5) is 4.78. The van der Waals surface area contributed by atoms with Gasteiger partial charge in [-0.15, -0.1) is 10.2 Å². The van der Waals surface area contributed by atoms with Crippen LogP contribution >= 0.6 is 22.6 Å². The molecule has 3 rings (SSSR count). The van der Waals surface area contributed by atoms with Crippen LogP contribution in [0.25, 0.3) is 0 Å². The molecule has 2 heterocycles. The van der Waals surface area contributed by atoms with Crippen LogP contribution in [0.4, 0.5) is 11.5 Å². The fourth-order valence-electron chi connectivity index (χ4n) is 2.73. The van der Waals surface area contributed by atoms with Gasteiger partial charge >= 0.3 is 0 Å². The van der Waals surface area contributed by atoms with Gasteiger partial charge in [-0.3, -0.25) is 0 Å². The Morgan fingerprint density at radius 1 is 0.905 bits per heavy atom. The van der Waals surface area contributed by atoms with Gasteiger partial charge in [0.2, 0.25) is 0 Å². The van der Waals surface area contributed by atoms with Crippen molar-refractivity contribution in [3.05, 3.63) is 45.2 Å². The molecule has 4 nitrogen and oxygen atoms in total. The summed E-state index contributed by atoms with van der Waals surface area (Å²) in [6.45, 7) is 8.42. The van der Waals surface area contributed by atoms with Crippen molar-refractivity contribution in [2.45, 2.75) is 13.8 Å². The van der Waals surface area contributed by atoms with Gasteiger partial charge in [-0.2, -0.15) is 0 Å². The van der Waals surface area contributed by atoms with E-state index in [1.54, 1.807) is 0 Å². The molecule has 0 bridgehead atoms. The number of rotatable bonds is 2. The molecule has 1 aromatic heterocycles. The Hall–Kier alpha value is -1.37. The summed E-state index contributed by atoms with van der Waals surface area (Å²) >= 11 is 2.18. The lowest BCUT2D eigenvalue weighted by Gasteiger charge is -2.37. The summed E-state index contributed by atoms with van der Waals surface area (Å²) in [7, 11) is 0. The van der Waals surface area contributed by atoms with Crippen LogP contribution in [0.3, 0.4) is 0 Å². The number of hydrogen-bond donors (Lipinski definition) is 0.